The van der Waals surface area contributed by atoms with E-state index in [1.165, 1.54) is 51.4 Å². The van der Waals surface area contributed by atoms with Gasteiger partial charge in [0.05, 0.1) is 6.10 Å². The zero-order chi connectivity index (χ0) is 14.6. The predicted molar refractivity (Wildman–Crippen MR) is 85.5 cm³/mol. The van der Waals surface area contributed by atoms with E-state index in [9.17, 15) is 0 Å². The van der Waals surface area contributed by atoms with E-state index in [2.05, 4.69) is 27.7 Å². The molecule has 116 valence electrons. The van der Waals surface area contributed by atoms with Gasteiger partial charge in [-0.25, -0.2) is 0 Å². The van der Waals surface area contributed by atoms with Crippen molar-refractivity contribution in [3.8, 4) is 0 Å². The van der Waals surface area contributed by atoms with Crippen LogP contribution < -0.4 is 5.73 Å². The average Bonchev–Trinajstić information content (AvgIpc) is 2.44. The molecule has 0 radical (unpaired) electrons. The molecule has 0 bridgehead atoms. The molecule has 0 aromatic rings. The number of hydrogen-bond donors (Lipinski definition) is 1. The standard InChI is InChI=1S/C17H37NO/c1-5-8-9-10-11-12-13-14-15-19-16(4)17(18,6-2)7-3/h16H,5-15,18H2,1-4H3. The minimum absolute atomic E-state index is 0.139. The fourth-order valence-corrected chi connectivity index (χ4v) is 2.49. The van der Waals surface area contributed by atoms with Crippen LogP contribution >= 0.6 is 0 Å². The van der Waals surface area contributed by atoms with Gasteiger partial charge in [0.1, 0.15) is 0 Å². The summed E-state index contributed by atoms with van der Waals surface area (Å²) in [5, 5.41) is 0. The largest absolute Gasteiger partial charge is 0.377 e. The Morgan fingerprint density at radius 3 is 1.79 bits per heavy atom. The van der Waals surface area contributed by atoms with Crippen molar-refractivity contribution in [3.05, 3.63) is 0 Å². The van der Waals surface area contributed by atoms with Crippen molar-refractivity contribution in [1.82, 2.24) is 0 Å². The SMILES string of the molecule is CCCCCCCCCCOC(C)C(N)(CC)CC. The molecule has 0 aliphatic heterocycles. The quantitative estimate of drug-likeness (QED) is 0.476. The van der Waals surface area contributed by atoms with E-state index in [-0.39, 0.29) is 11.6 Å². The monoisotopic (exact) mass is 271 g/mol. The second-order valence-corrected chi connectivity index (χ2v) is 5.93. The molecule has 0 aromatic carbocycles. The smallest absolute Gasteiger partial charge is 0.0726 e. The molecule has 1 unspecified atom stereocenters. The van der Waals surface area contributed by atoms with Gasteiger partial charge in [0, 0.05) is 12.1 Å². The number of nitrogens with two attached hydrogens (primary N) is 1. The van der Waals surface area contributed by atoms with E-state index < -0.39 is 0 Å². The highest BCUT2D eigenvalue weighted by Crippen LogP contribution is 2.19. The second-order valence-electron chi connectivity index (χ2n) is 5.93. The third-order valence-electron chi connectivity index (χ3n) is 4.49. The van der Waals surface area contributed by atoms with Gasteiger partial charge in [0.25, 0.3) is 0 Å². The van der Waals surface area contributed by atoms with Crippen molar-refractivity contribution in [2.45, 2.75) is 104 Å². The van der Waals surface area contributed by atoms with Gasteiger partial charge in [-0.2, -0.15) is 0 Å². The summed E-state index contributed by atoms with van der Waals surface area (Å²) in [5.41, 5.74) is 6.19. The molecular weight excluding hydrogens is 234 g/mol. The first-order valence-electron chi connectivity index (χ1n) is 8.51. The molecule has 2 N–H and O–H groups in total. The van der Waals surface area contributed by atoms with E-state index >= 15 is 0 Å². The Morgan fingerprint density at radius 1 is 0.842 bits per heavy atom. The van der Waals surface area contributed by atoms with Crippen molar-refractivity contribution in [3.63, 3.8) is 0 Å². The maximum atomic E-state index is 6.32. The summed E-state index contributed by atoms with van der Waals surface area (Å²) in [6.07, 6.45) is 12.9. The highest BCUT2D eigenvalue weighted by atomic mass is 16.5. The topological polar surface area (TPSA) is 35.2 Å². The van der Waals surface area contributed by atoms with Crippen LogP contribution in [0.2, 0.25) is 0 Å². The molecule has 0 rings (SSSR count). The van der Waals surface area contributed by atoms with Gasteiger partial charge >= 0.3 is 0 Å². The molecule has 0 saturated carbocycles. The molecule has 2 nitrogen and oxygen atoms in total. The minimum atomic E-state index is -0.139. The Balaban J connectivity index is 3.43. The van der Waals surface area contributed by atoms with Gasteiger partial charge < -0.3 is 10.5 Å². The van der Waals surface area contributed by atoms with Crippen molar-refractivity contribution in [2.75, 3.05) is 6.61 Å². The Hall–Kier alpha value is -0.0800. The van der Waals surface area contributed by atoms with Crippen LogP contribution in [0.5, 0.6) is 0 Å². The zero-order valence-electron chi connectivity index (χ0n) is 13.8. The number of ether oxygens (including phenoxy) is 1. The van der Waals surface area contributed by atoms with Crippen LogP contribution in [0, 0.1) is 0 Å². The molecule has 0 aromatic heterocycles. The summed E-state index contributed by atoms with van der Waals surface area (Å²) in [4.78, 5) is 0. The van der Waals surface area contributed by atoms with E-state index in [1.54, 1.807) is 0 Å². The molecule has 0 aliphatic rings. The van der Waals surface area contributed by atoms with Gasteiger partial charge in [-0.15, -0.1) is 0 Å². The summed E-state index contributed by atoms with van der Waals surface area (Å²) in [6.45, 7) is 9.56. The zero-order valence-corrected chi connectivity index (χ0v) is 13.8. The van der Waals surface area contributed by atoms with E-state index in [4.69, 9.17) is 10.5 Å². The van der Waals surface area contributed by atoms with Crippen molar-refractivity contribution in [1.29, 1.82) is 0 Å². The lowest BCUT2D eigenvalue weighted by molar-refractivity contribution is 0.00573. The van der Waals surface area contributed by atoms with Crippen LogP contribution in [0.4, 0.5) is 0 Å². The number of rotatable bonds is 13. The second kappa shape index (κ2) is 11.7. The average molecular weight is 271 g/mol. The molecule has 0 fully saturated rings. The van der Waals surface area contributed by atoms with E-state index in [0.29, 0.717) is 0 Å². The summed E-state index contributed by atoms with van der Waals surface area (Å²) < 4.78 is 5.91. The first-order chi connectivity index (χ1) is 9.10. The van der Waals surface area contributed by atoms with E-state index in [0.717, 1.165) is 19.4 Å². The third kappa shape index (κ3) is 8.65. The lowest BCUT2D eigenvalue weighted by atomic mass is 9.88. The van der Waals surface area contributed by atoms with E-state index in [1.807, 2.05) is 0 Å². The van der Waals surface area contributed by atoms with Crippen LogP contribution in [-0.2, 0) is 4.74 Å². The molecule has 0 amide bonds. The highest BCUT2D eigenvalue weighted by molar-refractivity contribution is 4.87. The summed E-state index contributed by atoms with van der Waals surface area (Å²) in [7, 11) is 0. The fourth-order valence-electron chi connectivity index (χ4n) is 2.49. The fraction of sp³-hybridized carbons (Fsp3) is 1.00. The van der Waals surface area contributed by atoms with Gasteiger partial charge in [-0.05, 0) is 26.2 Å². The molecule has 0 aliphatic carbocycles. The molecule has 1 atom stereocenters. The maximum absolute atomic E-state index is 6.32. The van der Waals surface area contributed by atoms with Crippen LogP contribution in [0.3, 0.4) is 0 Å². The third-order valence-corrected chi connectivity index (χ3v) is 4.49. The Morgan fingerprint density at radius 2 is 1.32 bits per heavy atom. The van der Waals surface area contributed by atoms with Crippen LogP contribution in [-0.4, -0.2) is 18.2 Å². The Bertz CT molecular complexity index is 190. The lowest BCUT2D eigenvalue weighted by Gasteiger charge is -2.33. The molecule has 19 heavy (non-hydrogen) atoms. The molecule has 0 spiro atoms. The van der Waals surface area contributed by atoms with Crippen molar-refractivity contribution >= 4 is 0 Å². The van der Waals surface area contributed by atoms with Crippen LogP contribution in [0.15, 0.2) is 0 Å². The predicted octanol–water partition coefficient (Wildman–Crippen LogP) is 5.05. The van der Waals surface area contributed by atoms with Gasteiger partial charge in [-0.3, -0.25) is 0 Å². The van der Waals surface area contributed by atoms with Crippen molar-refractivity contribution < 1.29 is 4.74 Å². The summed E-state index contributed by atoms with van der Waals surface area (Å²) >= 11 is 0. The summed E-state index contributed by atoms with van der Waals surface area (Å²) in [6, 6.07) is 0. The first kappa shape index (κ1) is 18.9. The van der Waals surface area contributed by atoms with Gasteiger partial charge in [0.2, 0.25) is 0 Å². The van der Waals surface area contributed by atoms with Crippen molar-refractivity contribution in [2.24, 2.45) is 5.73 Å². The maximum Gasteiger partial charge on any atom is 0.0726 e. The molecule has 2 heteroatoms. The number of hydrogen-bond acceptors (Lipinski definition) is 2. The van der Waals surface area contributed by atoms with Crippen LogP contribution in [0.1, 0.15) is 91.9 Å². The normalized spacial score (nSPS) is 13.7. The lowest BCUT2D eigenvalue weighted by Crippen LogP contribution is -2.49. The minimum Gasteiger partial charge on any atom is -0.377 e. The molecule has 0 heterocycles. The highest BCUT2D eigenvalue weighted by Gasteiger charge is 2.28. The Kier molecular flexibility index (Phi) is 11.7. The van der Waals surface area contributed by atoms with Crippen LogP contribution in [0.25, 0.3) is 0 Å². The van der Waals surface area contributed by atoms with Gasteiger partial charge in [0.15, 0.2) is 0 Å². The molecule has 0 saturated heterocycles. The summed E-state index contributed by atoms with van der Waals surface area (Å²) in [5.74, 6) is 0. The Labute approximate surface area is 121 Å². The van der Waals surface area contributed by atoms with Gasteiger partial charge in [-0.1, -0.05) is 65.7 Å². The first-order valence-corrected chi connectivity index (χ1v) is 8.51. The molecular formula is C17H37NO. The number of unbranched alkanes of at least 4 members (excludes halogenated alkanes) is 7.